The third-order valence-corrected chi connectivity index (χ3v) is 12.7. The highest BCUT2D eigenvalue weighted by Gasteiger charge is 2.38. The standard InChI is InChI=1S/C24H35ClF2N2O2SSi/c1-22(2,3)32(30)29-24(7,17-12-18(26)21(25)19(27)13-17)20-11-10-16(14-28-20)15-31-33(8,9)23(4,5)6/h10-14,29H,15H2,1-9H3. The molecule has 2 rings (SSSR count). The molecule has 2 aromatic rings. The fourth-order valence-corrected chi connectivity index (χ4v) is 4.70. The Kier molecular flexibility index (Phi) is 8.34. The predicted octanol–water partition coefficient (Wildman–Crippen LogP) is 6.85. The van der Waals surface area contributed by atoms with Crippen LogP contribution in [0.15, 0.2) is 30.5 Å². The van der Waals surface area contributed by atoms with Crippen LogP contribution in [-0.2, 0) is 27.6 Å². The van der Waals surface area contributed by atoms with E-state index < -0.39 is 46.2 Å². The normalized spacial score (nSPS) is 15.9. The Morgan fingerprint density at radius 3 is 2.03 bits per heavy atom. The summed E-state index contributed by atoms with van der Waals surface area (Å²) < 4.78 is 50.3. The SMILES string of the molecule is CC(NS(=O)C(C)(C)C)(c1cc(F)c(Cl)c(F)c1)c1ccc(CO[Si](C)(C)C(C)(C)C)cn1. The Morgan fingerprint density at radius 1 is 1.06 bits per heavy atom. The van der Waals surface area contributed by atoms with Crippen molar-refractivity contribution in [2.45, 2.75) is 83.5 Å². The minimum atomic E-state index is -1.93. The van der Waals surface area contributed by atoms with Crippen LogP contribution in [0, 0.1) is 11.6 Å². The first-order valence-electron chi connectivity index (χ1n) is 10.8. The molecule has 4 nitrogen and oxygen atoms in total. The third kappa shape index (κ3) is 6.48. The highest BCUT2D eigenvalue weighted by Crippen LogP contribution is 2.37. The highest BCUT2D eigenvalue weighted by molar-refractivity contribution is 7.84. The van der Waals surface area contributed by atoms with Gasteiger partial charge in [0.15, 0.2) is 8.32 Å². The number of nitrogens with one attached hydrogen (secondary N) is 1. The molecule has 1 heterocycles. The average molecular weight is 517 g/mol. The lowest BCUT2D eigenvalue weighted by Crippen LogP contribution is -2.47. The Morgan fingerprint density at radius 2 is 1.61 bits per heavy atom. The third-order valence-electron chi connectivity index (χ3n) is 6.16. The largest absolute Gasteiger partial charge is 0.413 e. The molecule has 0 aliphatic carbocycles. The van der Waals surface area contributed by atoms with Gasteiger partial charge in [-0.3, -0.25) is 4.98 Å². The van der Waals surface area contributed by atoms with Gasteiger partial charge in [0.05, 0.1) is 33.6 Å². The molecule has 0 aliphatic heterocycles. The van der Waals surface area contributed by atoms with Crippen molar-refractivity contribution in [3.8, 4) is 0 Å². The lowest BCUT2D eigenvalue weighted by molar-refractivity contribution is 0.276. The van der Waals surface area contributed by atoms with Crippen molar-refractivity contribution in [2.24, 2.45) is 0 Å². The number of halogens is 3. The maximum absolute atomic E-state index is 14.3. The minimum Gasteiger partial charge on any atom is -0.413 e. The van der Waals surface area contributed by atoms with E-state index in [9.17, 15) is 13.0 Å². The number of nitrogens with zero attached hydrogens (tertiary/aromatic N) is 1. The van der Waals surface area contributed by atoms with Crippen LogP contribution in [0.2, 0.25) is 23.2 Å². The van der Waals surface area contributed by atoms with Crippen LogP contribution in [0.5, 0.6) is 0 Å². The van der Waals surface area contributed by atoms with E-state index in [2.05, 4.69) is 43.6 Å². The fourth-order valence-electron chi connectivity index (χ4n) is 2.73. The smallest absolute Gasteiger partial charge is 0.192 e. The van der Waals surface area contributed by atoms with Crippen molar-refractivity contribution in [3.05, 3.63) is 63.9 Å². The van der Waals surface area contributed by atoms with Crippen molar-refractivity contribution in [1.29, 1.82) is 0 Å². The van der Waals surface area contributed by atoms with Gasteiger partial charge in [0.25, 0.3) is 0 Å². The molecule has 1 N–H and O–H groups in total. The van der Waals surface area contributed by atoms with Gasteiger partial charge in [-0.25, -0.2) is 17.7 Å². The predicted molar refractivity (Wildman–Crippen MR) is 135 cm³/mol. The van der Waals surface area contributed by atoms with E-state index in [0.29, 0.717) is 12.3 Å². The van der Waals surface area contributed by atoms with Crippen LogP contribution in [0.3, 0.4) is 0 Å². The van der Waals surface area contributed by atoms with E-state index in [4.69, 9.17) is 16.0 Å². The Labute approximate surface area is 205 Å². The van der Waals surface area contributed by atoms with E-state index in [1.807, 2.05) is 26.8 Å². The first-order chi connectivity index (χ1) is 14.9. The molecule has 0 aliphatic rings. The number of rotatable bonds is 7. The van der Waals surface area contributed by atoms with E-state index >= 15 is 0 Å². The van der Waals surface area contributed by atoms with Gasteiger partial charge in [0.2, 0.25) is 0 Å². The van der Waals surface area contributed by atoms with Crippen LogP contribution in [-0.4, -0.2) is 22.3 Å². The second-order valence-electron chi connectivity index (χ2n) is 11.0. The minimum absolute atomic E-state index is 0.0859. The summed E-state index contributed by atoms with van der Waals surface area (Å²) in [6.45, 7) is 18.5. The summed E-state index contributed by atoms with van der Waals surface area (Å²) in [5, 5.41) is -0.494. The summed E-state index contributed by atoms with van der Waals surface area (Å²) in [5.41, 5.74) is 0.356. The molecular weight excluding hydrogens is 482 g/mol. The Balaban J connectivity index is 2.45. The van der Waals surface area contributed by atoms with Crippen LogP contribution in [0.1, 0.15) is 65.3 Å². The van der Waals surface area contributed by atoms with Gasteiger partial charge in [-0.2, -0.15) is 0 Å². The number of benzene rings is 1. The van der Waals surface area contributed by atoms with Crippen LogP contribution in [0.4, 0.5) is 8.78 Å². The Hall–Kier alpha value is -1.19. The molecule has 2 atom stereocenters. The highest BCUT2D eigenvalue weighted by atomic mass is 35.5. The van der Waals surface area contributed by atoms with E-state index in [-0.39, 0.29) is 10.6 Å². The van der Waals surface area contributed by atoms with Gasteiger partial charge in [0, 0.05) is 6.20 Å². The summed E-state index contributed by atoms with van der Waals surface area (Å²) in [7, 11) is -3.47. The second-order valence-corrected chi connectivity index (χ2v) is 18.1. The molecular formula is C24H35ClF2N2O2SSi. The number of hydrogen-bond acceptors (Lipinski definition) is 3. The summed E-state index contributed by atoms with van der Waals surface area (Å²) >= 11 is 5.69. The molecule has 0 radical (unpaired) electrons. The van der Waals surface area contributed by atoms with Gasteiger partial charge in [-0.05, 0) is 75.2 Å². The first kappa shape index (κ1) is 28.0. The van der Waals surface area contributed by atoms with Crippen molar-refractivity contribution in [3.63, 3.8) is 0 Å². The molecule has 0 saturated carbocycles. The lowest BCUT2D eigenvalue weighted by atomic mass is 9.89. The van der Waals surface area contributed by atoms with Crippen LogP contribution < -0.4 is 4.72 Å². The van der Waals surface area contributed by atoms with Crippen molar-refractivity contribution < 1.29 is 17.4 Å². The van der Waals surface area contributed by atoms with E-state index in [1.54, 1.807) is 19.2 Å². The number of hydrogen-bond donors (Lipinski definition) is 1. The number of aromatic nitrogens is 1. The van der Waals surface area contributed by atoms with Crippen molar-refractivity contribution >= 4 is 30.9 Å². The molecule has 9 heteroatoms. The summed E-state index contributed by atoms with van der Waals surface area (Å²) in [6.07, 6.45) is 1.69. The molecule has 184 valence electrons. The molecule has 0 saturated heterocycles. The first-order valence-corrected chi connectivity index (χ1v) is 15.3. The van der Waals surface area contributed by atoms with Gasteiger partial charge in [0.1, 0.15) is 16.7 Å². The molecule has 2 unspecified atom stereocenters. The number of pyridine rings is 1. The quantitative estimate of drug-likeness (QED) is 0.323. The van der Waals surface area contributed by atoms with Gasteiger partial charge < -0.3 is 4.43 Å². The van der Waals surface area contributed by atoms with Crippen molar-refractivity contribution in [2.75, 3.05) is 0 Å². The molecule has 33 heavy (non-hydrogen) atoms. The lowest BCUT2D eigenvalue weighted by Gasteiger charge is -2.36. The zero-order valence-electron chi connectivity index (χ0n) is 20.9. The fraction of sp³-hybridized carbons (Fsp3) is 0.542. The Bertz CT molecular complexity index is 998. The van der Waals surface area contributed by atoms with Crippen LogP contribution in [0.25, 0.3) is 0 Å². The maximum atomic E-state index is 14.3. The van der Waals surface area contributed by atoms with Gasteiger partial charge in [-0.15, -0.1) is 0 Å². The zero-order valence-corrected chi connectivity index (χ0v) is 23.5. The van der Waals surface area contributed by atoms with Crippen molar-refractivity contribution in [1.82, 2.24) is 9.71 Å². The summed E-state index contributed by atoms with van der Waals surface area (Å²) in [6, 6.07) is 5.93. The second kappa shape index (κ2) is 9.82. The maximum Gasteiger partial charge on any atom is 0.192 e. The van der Waals surface area contributed by atoms with Gasteiger partial charge in [-0.1, -0.05) is 38.4 Å². The molecule has 1 aromatic heterocycles. The molecule has 0 fully saturated rings. The summed E-state index contributed by atoms with van der Waals surface area (Å²) in [5.74, 6) is -1.78. The molecule has 0 spiro atoms. The molecule has 1 aromatic carbocycles. The van der Waals surface area contributed by atoms with Crippen LogP contribution >= 0.6 is 11.6 Å². The molecule has 0 bridgehead atoms. The monoisotopic (exact) mass is 516 g/mol. The average Bonchev–Trinajstić information content (AvgIpc) is 2.68. The van der Waals surface area contributed by atoms with E-state index in [0.717, 1.165) is 17.7 Å². The molecule has 0 amide bonds. The summed E-state index contributed by atoms with van der Waals surface area (Å²) in [4.78, 5) is 4.57. The van der Waals surface area contributed by atoms with E-state index in [1.165, 1.54) is 0 Å². The van der Waals surface area contributed by atoms with Gasteiger partial charge >= 0.3 is 0 Å². The zero-order chi connectivity index (χ0) is 25.4. The topological polar surface area (TPSA) is 51.2 Å².